The van der Waals surface area contributed by atoms with Crippen LogP contribution in [0.4, 0.5) is 17.6 Å². The molecule has 0 aliphatic carbocycles. The summed E-state index contributed by atoms with van der Waals surface area (Å²) in [6.45, 7) is 2.09. The van der Waals surface area contributed by atoms with Gasteiger partial charge in [-0.1, -0.05) is 6.07 Å². The van der Waals surface area contributed by atoms with Gasteiger partial charge in [0.2, 0.25) is 0 Å². The minimum Gasteiger partial charge on any atom is -0.305 e. The first-order valence-corrected chi connectivity index (χ1v) is 6.87. The maximum atomic E-state index is 13.2. The lowest BCUT2D eigenvalue weighted by Gasteiger charge is -2.14. The molecule has 1 aromatic carbocycles. The van der Waals surface area contributed by atoms with Gasteiger partial charge in [0.05, 0.1) is 5.56 Å². The van der Waals surface area contributed by atoms with E-state index in [-0.39, 0.29) is 18.2 Å². The Morgan fingerprint density at radius 1 is 1.25 bits per heavy atom. The second-order valence-corrected chi connectivity index (χ2v) is 5.44. The van der Waals surface area contributed by atoms with Crippen LogP contribution in [0.5, 0.6) is 0 Å². The van der Waals surface area contributed by atoms with Crippen molar-refractivity contribution in [3.05, 3.63) is 57.5 Å². The van der Waals surface area contributed by atoms with Gasteiger partial charge in [-0.05, 0) is 42.1 Å². The monoisotopic (exact) mass is 303 g/mol. The molecule has 1 aromatic heterocycles. The van der Waals surface area contributed by atoms with Gasteiger partial charge in [0, 0.05) is 17.5 Å². The zero-order valence-electron chi connectivity index (χ0n) is 10.7. The topological polar surface area (TPSA) is 12.0 Å². The van der Waals surface area contributed by atoms with Crippen molar-refractivity contribution in [2.24, 2.45) is 0 Å². The summed E-state index contributed by atoms with van der Waals surface area (Å²) in [6.07, 6.45) is -4.53. The molecular weight excluding hydrogens is 290 g/mol. The Labute approximate surface area is 118 Å². The van der Waals surface area contributed by atoms with Crippen LogP contribution in [0.2, 0.25) is 0 Å². The van der Waals surface area contributed by atoms with Gasteiger partial charge in [-0.2, -0.15) is 13.2 Å². The molecule has 2 rings (SSSR count). The third-order valence-corrected chi connectivity index (χ3v) is 3.92. The van der Waals surface area contributed by atoms with E-state index in [0.29, 0.717) is 6.07 Å². The normalized spacial score (nSPS) is 13.4. The van der Waals surface area contributed by atoms with Gasteiger partial charge in [0.15, 0.2) is 0 Å². The predicted octanol–water partition coefficient (Wildman–Crippen LogP) is 4.76. The van der Waals surface area contributed by atoms with E-state index in [4.69, 9.17) is 0 Å². The van der Waals surface area contributed by atoms with Crippen LogP contribution in [-0.4, -0.2) is 0 Å². The number of nitrogens with one attached hydrogen (secondary N) is 1. The molecule has 0 radical (unpaired) electrons. The molecular formula is C14H13F4NS. The Kier molecular flexibility index (Phi) is 4.45. The van der Waals surface area contributed by atoms with Crippen LogP contribution >= 0.6 is 11.3 Å². The summed E-state index contributed by atoms with van der Waals surface area (Å²) in [5.74, 6) is -0.875. The fourth-order valence-corrected chi connectivity index (χ4v) is 2.58. The highest BCUT2D eigenvalue weighted by atomic mass is 32.1. The quantitative estimate of drug-likeness (QED) is 0.803. The molecule has 0 amide bonds. The summed E-state index contributed by atoms with van der Waals surface area (Å²) in [5.41, 5.74) is -0.682. The van der Waals surface area contributed by atoms with Crippen molar-refractivity contribution in [1.82, 2.24) is 5.32 Å². The molecule has 0 fully saturated rings. The van der Waals surface area contributed by atoms with Gasteiger partial charge >= 0.3 is 6.18 Å². The van der Waals surface area contributed by atoms with Gasteiger partial charge in [-0.15, -0.1) is 11.3 Å². The van der Waals surface area contributed by atoms with E-state index in [1.807, 2.05) is 24.4 Å². The van der Waals surface area contributed by atoms with E-state index < -0.39 is 17.6 Å². The maximum Gasteiger partial charge on any atom is 0.416 e. The summed E-state index contributed by atoms with van der Waals surface area (Å²) < 4.78 is 51.0. The SMILES string of the molecule is C[C@H](NCc1cc(F)cc(C(F)(F)F)c1)c1cccs1. The van der Waals surface area contributed by atoms with Crippen LogP contribution in [0.25, 0.3) is 0 Å². The van der Waals surface area contributed by atoms with E-state index in [1.54, 1.807) is 11.3 Å². The molecule has 0 spiro atoms. The van der Waals surface area contributed by atoms with Gasteiger partial charge in [0.25, 0.3) is 0 Å². The third-order valence-electron chi connectivity index (χ3n) is 2.87. The predicted molar refractivity (Wildman–Crippen MR) is 71.0 cm³/mol. The van der Waals surface area contributed by atoms with E-state index in [0.717, 1.165) is 17.0 Å². The van der Waals surface area contributed by atoms with Gasteiger partial charge in [-0.3, -0.25) is 0 Å². The molecule has 2 aromatic rings. The van der Waals surface area contributed by atoms with Crippen molar-refractivity contribution < 1.29 is 17.6 Å². The molecule has 6 heteroatoms. The molecule has 0 aliphatic heterocycles. The highest BCUT2D eigenvalue weighted by molar-refractivity contribution is 7.10. The lowest BCUT2D eigenvalue weighted by molar-refractivity contribution is -0.137. The Bertz CT molecular complexity index is 563. The van der Waals surface area contributed by atoms with Crippen molar-refractivity contribution >= 4 is 11.3 Å². The fraction of sp³-hybridized carbons (Fsp3) is 0.286. The fourth-order valence-electron chi connectivity index (χ4n) is 1.83. The summed E-state index contributed by atoms with van der Waals surface area (Å²) in [7, 11) is 0. The van der Waals surface area contributed by atoms with Gasteiger partial charge in [-0.25, -0.2) is 4.39 Å². The maximum absolute atomic E-state index is 13.2. The number of hydrogen-bond donors (Lipinski definition) is 1. The molecule has 1 heterocycles. The van der Waals surface area contributed by atoms with E-state index >= 15 is 0 Å². The number of benzene rings is 1. The molecule has 108 valence electrons. The number of rotatable bonds is 4. The van der Waals surface area contributed by atoms with Crippen molar-refractivity contribution in [3.63, 3.8) is 0 Å². The highest BCUT2D eigenvalue weighted by Crippen LogP contribution is 2.30. The summed E-state index contributed by atoms with van der Waals surface area (Å²) >= 11 is 1.56. The van der Waals surface area contributed by atoms with E-state index in [9.17, 15) is 17.6 Å². The molecule has 1 atom stereocenters. The van der Waals surface area contributed by atoms with Crippen LogP contribution in [0.3, 0.4) is 0 Å². The Morgan fingerprint density at radius 2 is 2.00 bits per heavy atom. The second-order valence-electron chi connectivity index (χ2n) is 4.46. The van der Waals surface area contributed by atoms with Crippen molar-refractivity contribution in [2.75, 3.05) is 0 Å². The van der Waals surface area contributed by atoms with Crippen LogP contribution < -0.4 is 5.32 Å². The molecule has 20 heavy (non-hydrogen) atoms. The Hall–Kier alpha value is -1.40. The Morgan fingerprint density at radius 3 is 2.60 bits per heavy atom. The first-order valence-electron chi connectivity index (χ1n) is 5.99. The molecule has 0 bridgehead atoms. The number of alkyl halides is 3. The average molecular weight is 303 g/mol. The molecule has 0 saturated heterocycles. The molecule has 1 N–H and O–H groups in total. The molecule has 0 aliphatic rings. The standard InChI is InChI=1S/C14H13F4NS/c1-9(13-3-2-4-20-13)19-8-10-5-11(14(16,17)18)7-12(15)6-10/h2-7,9,19H,8H2,1H3/t9-/m0/s1. The van der Waals surface area contributed by atoms with Crippen molar-refractivity contribution in [3.8, 4) is 0 Å². The van der Waals surface area contributed by atoms with E-state index in [1.165, 1.54) is 0 Å². The molecule has 1 nitrogen and oxygen atoms in total. The average Bonchev–Trinajstić information content (AvgIpc) is 2.88. The lowest BCUT2D eigenvalue weighted by Crippen LogP contribution is -2.18. The number of thiophene rings is 1. The largest absolute Gasteiger partial charge is 0.416 e. The van der Waals surface area contributed by atoms with Crippen LogP contribution in [-0.2, 0) is 12.7 Å². The minimum absolute atomic E-state index is 0.00704. The zero-order valence-corrected chi connectivity index (χ0v) is 11.5. The van der Waals surface area contributed by atoms with Crippen LogP contribution in [0, 0.1) is 5.82 Å². The summed E-state index contributed by atoms with van der Waals surface area (Å²) in [5, 5.41) is 5.01. The number of halogens is 4. The molecule has 0 saturated carbocycles. The van der Waals surface area contributed by atoms with Crippen molar-refractivity contribution in [2.45, 2.75) is 25.7 Å². The molecule has 0 unspecified atom stereocenters. The van der Waals surface area contributed by atoms with E-state index in [2.05, 4.69) is 5.32 Å². The van der Waals surface area contributed by atoms with Crippen molar-refractivity contribution in [1.29, 1.82) is 0 Å². The van der Waals surface area contributed by atoms with Crippen LogP contribution in [0.15, 0.2) is 35.7 Å². The lowest BCUT2D eigenvalue weighted by atomic mass is 10.1. The minimum atomic E-state index is -4.53. The summed E-state index contributed by atoms with van der Waals surface area (Å²) in [6, 6.07) is 6.44. The second kappa shape index (κ2) is 5.93. The third kappa shape index (κ3) is 3.80. The smallest absolute Gasteiger partial charge is 0.305 e. The Balaban J connectivity index is 2.08. The summed E-state index contributed by atoms with van der Waals surface area (Å²) in [4.78, 5) is 1.08. The van der Waals surface area contributed by atoms with Crippen LogP contribution in [0.1, 0.15) is 29.0 Å². The number of hydrogen-bond acceptors (Lipinski definition) is 2. The highest BCUT2D eigenvalue weighted by Gasteiger charge is 2.31. The zero-order chi connectivity index (χ0) is 14.8. The first-order chi connectivity index (χ1) is 9.36. The van der Waals surface area contributed by atoms with Gasteiger partial charge in [0.1, 0.15) is 5.82 Å². The first kappa shape index (κ1) is 15.0. The van der Waals surface area contributed by atoms with Gasteiger partial charge < -0.3 is 5.32 Å².